The summed E-state index contributed by atoms with van der Waals surface area (Å²) in [6, 6.07) is 7.20. The van der Waals surface area contributed by atoms with Gasteiger partial charge < -0.3 is 10.2 Å². The SMILES string of the molecule is CNC(=O)c1cccc(N2C[C@@H]3C(=O)NC(=O)[C@@H]3C2)c1. The smallest absolute Gasteiger partial charge is 0.251 e. The Morgan fingerprint density at radius 2 is 1.90 bits per heavy atom. The maximum atomic E-state index is 11.6. The molecule has 6 heteroatoms. The molecule has 3 amide bonds. The minimum atomic E-state index is -0.272. The molecule has 0 unspecified atom stereocenters. The predicted molar refractivity (Wildman–Crippen MR) is 72.2 cm³/mol. The largest absolute Gasteiger partial charge is 0.370 e. The average molecular weight is 273 g/mol. The fourth-order valence-corrected chi connectivity index (χ4v) is 2.84. The first-order chi connectivity index (χ1) is 9.60. The van der Waals surface area contributed by atoms with E-state index in [1.807, 2.05) is 11.0 Å². The third kappa shape index (κ3) is 1.93. The molecule has 1 aromatic rings. The fourth-order valence-electron chi connectivity index (χ4n) is 2.84. The number of fused-ring (bicyclic) bond motifs is 1. The summed E-state index contributed by atoms with van der Waals surface area (Å²) in [4.78, 5) is 36.9. The number of nitrogens with zero attached hydrogens (tertiary/aromatic N) is 1. The van der Waals surface area contributed by atoms with Crippen molar-refractivity contribution in [3.63, 3.8) is 0 Å². The Bertz CT molecular complexity index is 577. The first kappa shape index (κ1) is 12.7. The molecule has 20 heavy (non-hydrogen) atoms. The van der Waals surface area contributed by atoms with Crippen LogP contribution >= 0.6 is 0 Å². The van der Waals surface area contributed by atoms with Crippen LogP contribution in [-0.2, 0) is 9.59 Å². The summed E-state index contributed by atoms with van der Waals surface area (Å²) in [5.41, 5.74) is 1.43. The molecule has 2 aliphatic heterocycles. The number of hydrogen-bond donors (Lipinski definition) is 2. The van der Waals surface area contributed by atoms with Crippen molar-refractivity contribution in [2.45, 2.75) is 0 Å². The lowest BCUT2D eigenvalue weighted by Crippen LogP contribution is -2.31. The number of rotatable bonds is 2. The van der Waals surface area contributed by atoms with Crippen LogP contribution in [0.2, 0.25) is 0 Å². The van der Waals surface area contributed by atoms with Gasteiger partial charge in [-0.3, -0.25) is 19.7 Å². The van der Waals surface area contributed by atoms with Gasteiger partial charge in [-0.05, 0) is 18.2 Å². The number of hydrogen-bond acceptors (Lipinski definition) is 4. The van der Waals surface area contributed by atoms with Crippen molar-refractivity contribution in [1.29, 1.82) is 0 Å². The summed E-state index contributed by atoms with van der Waals surface area (Å²) in [5, 5.41) is 4.94. The van der Waals surface area contributed by atoms with E-state index in [0.717, 1.165) is 5.69 Å². The van der Waals surface area contributed by atoms with E-state index in [0.29, 0.717) is 18.7 Å². The van der Waals surface area contributed by atoms with E-state index < -0.39 is 0 Å². The third-order valence-corrected chi connectivity index (χ3v) is 3.94. The topological polar surface area (TPSA) is 78.5 Å². The van der Waals surface area contributed by atoms with Gasteiger partial charge in [0, 0.05) is 31.4 Å². The number of amides is 3. The zero-order chi connectivity index (χ0) is 14.3. The lowest BCUT2D eigenvalue weighted by atomic mass is 10.00. The Balaban J connectivity index is 1.83. The molecule has 3 rings (SSSR count). The second-order valence-corrected chi connectivity index (χ2v) is 5.10. The zero-order valence-electron chi connectivity index (χ0n) is 11.1. The van der Waals surface area contributed by atoms with E-state index >= 15 is 0 Å². The molecule has 2 heterocycles. The van der Waals surface area contributed by atoms with Crippen LogP contribution in [-0.4, -0.2) is 37.9 Å². The molecule has 0 bridgehead atoms. The van der Waals surface area contributed by atoms with Crippen molar-refractivity contribution in [3.05, 3.63) is 29.8 Å². The first-order valence-corrected chi connectivity index (χ1v) is 6.52. The summed E-state index contributed by atoms with van der Waals surface area (Å²) < 4.78 is 0. The van der Waals surface area contributed by atoms with Crippen LogP contribution in [0, 0.1) is 11.8 Å². The molecule has 0 spiro atoms. The van der Waals surface area contributed by atoms with E-state index in [9.17, 15) is 14.4 Å². The summed E-state index contributed by atoms with van der Waals surface area (Å²) in [7, 11) is 1.58. The highest BCUT2D eigenvalue weighted by Gasteiger charge is 2.47. The van der Waals surface area contributed by atoms with Crippen molar-refractivity contribution in [1.82, 2.24) is 10.6 Å². The molecule has 104 valence electrons. The van der Waals surface area contributed by atoms with Crippen molar-refractivity contribution in [2.75, 3.05) is 25.0 Å². The van der Waals surface area contributed by atoms with Crippen LogP contribution < -0.4 is 15.5 Å². The zero-order valence-corrected chi connectivity index (χ0v) is 11.1. The molecule has 0 aliphatic carbocycles. The molecule has 2 fully saturated rings. The van der Waals surface area contributed by atoms with Crippen LogP contribution in [0.3, 0.4) is 0 Å². The number of carbonyl (C=O) groups excluding carboxylic acids is 3. The van der Waals surface area contributed by atoms with E-state index in [2.05, 4.69) is 10.6 Å². The lowest BCUT2D eigenvalue weighted by Gasteiger charge is -2.19. The molecule has 2 N–H and O–H groups in total. The van der Waals surface area contributed by atoms with Gasteiger partial charge in [0.25, 0.3) is 5.91 Å². The number of benzene rings is 1. The second-order valence-electron chi connectivity index (χ2n) is 5.10. The quantitative estimate of drug-likeness (QED) is 0.729. The number of nitrogens with one attached hydrogen (secondary N) is 2. The maximum Gasteiger partial charge on any atom is 0.251 e. The van der Waals surface area contributed by atoms with Crippen LogP contribution in [0.5, 0.6) is 0 Å². The van der Waals surface area contributed by atoms with Gasteiger partial charge in [0.05, 0.1) is 11.8 Å². The minimum Gasteiger partial charge on any atom is -0.370 e. The average Bonchev–Trinajstić information content (AvgIpc) is 3.01. The standard InChI is InChI=1S/C14H15N3O3/c1-15-12(18)8-3-2-4-9(5-8)17-6-10-11(7-17)14(20)16-13(10)19/h2-5,10-11H,6-7H2,1H3,(H,15,18)(H,16,19,20)/t10-,11+. The first-order valence-electron chi connectivity index (χ1n) is 6.52. The molecule has 0 saturated carbocycles. The van der Waals surface area contributed by atoms with E-state index in [-0.39, 0.29) is 29.6 Å². The lowest BCUT2D eigenvalue weighted by molar-refractivity contribution is -0.126. The Kier molecular flexibility index (Phi) is 2.93. The molecule has 2 aliphatic rings. The predicted octanol–water partition coefficient (Wildman–Crippen LogP) is -0.245. The Morgan fingerprint density at radius 3 is 2.50 bits per heavy atom. The minimum absolute atomic E-state index is 0.153. The van der Waals surface area contributed by atoms with Gasteiger partial charge >= 0.3 is 0 Å². The van der Waals surface area contributed by atoms with Crippen LogP contribution in [0.15, 0.2) is 24.3 Å². The molecular weight excluding hydrogens is 258 g/mol. The Labute approximate surface area is 116 Å². The van der Waals surface area contributed by atoms with Gasteiger partial charge in [-0.15, -0.1) is 0 Å². The fraction of sp³-hybridized carbons (Fsp3) is 0.357. The molecule has 2 atom stereocenters. The highest BCUT2D eigenvalue weighted by atomic mass is 16.2. The van der Waals surface area contributed by atoms with Crippen molar-refractivity contribution >= 4 is 23.4 Å². The number of carbonyl (C=O) groups is 3. The van der Waals surface area contributed by atoms with Crippen molar-refractivity contribution in [3.8, 4) is 0 Å². The highest BCUT2D eigenvalue weighted by molar-refractivity contribution is 6.06. The van der Waals surface area contributed by atoms with Crippen molar-refractivity contribution in [2.24, 2.45) is 11.8 Å². The normalized spacial score (nSPS) is 24.6. The van der Waals surface area contributed by atoms with Gasteiger partial charge in [0.2, 0.25) is 11.8 Å². The van der Waals surface area contributed by atoms with E-state index in [1.54, 1.807) is 25.2 Å². The van der Waals surface area contributed by atoms with Gasteiger partial charge in [-0.25, -0.2) is 0 Å². The summed E-state index contributed by atoms with van der Waals surface area (Å²) in [6.45, 7) is 1.03. The van der Waals surface area contributed by atoms with Gasteiger partial charge in [0.1, 0.15) is 0 Å². The number of anilines is 1. The summed E-state index contributed by atoms with van der Waals surface area (Å²) in [6.07, 6.45) is 0. The molecular formula is C14H15N3O3. The Morgan fingerprint density at radius 1 is 1.25 bits per heavy atom. The molecule has 0 aromatic heterocycles. The monoisotopic (exact) mass is 273 g/mol. The van der Waals surface area contributed by atoms with Crippen LogP contribution in [0.1, 0.15) is 10.4 Å². The third-order valence-electron chi connectivity index (χ3n) is 3.94. The second kappa shape index (κ2) is 4.63. The molecule has 0 radical (unpaired) electrons. The molecule has 1 aromatic carbocycles. The highest BCUT2D eigenvalue weighted by Crippen LogP contribution is 2.32. The van der Waals surface area contributed by atoms with Gasteiger partial charge in [-0.2, -0.15) is 0 Å². The van der Waals surface area contributed by atoms with Gasteiger partial charge in [0.15, 0.2) is 0 Å². The summed E-state index contributed by atoms with van der Waals surface area (Å²) >= 11 is 0. The van der Waals surface area contributed by atoms with E-state index in [1.165, 1.54) is 0 Å². The Hall–Kier alpha value is -2.37. The summed E-state index contributed by atoms with van der Waals surface area (Å²) in [5.74, 6) is -1.08. The van der Waals surface area contributed by atoms with Gasteiger partial charge in [-0.1, -0.05) is 6.07 Å². The van der Waals surface area contributed by atoms with Crippen LogP contribution in [0.25, 0.3) is 0 Å². The van der Waals surface area contributed by atoms with Crippen LogP contribution in [0.4, 0.5) is 5.69 Å². The molecule has 2 saturated heterocycles. The number of imide groups is 1. The van der Waals surface area contributed by atoms with E-state index in [4.69, 9.17) is 0 Å². The maximum absolute atomic E-state index is 11.6. The van der Waals surface area contributed by atoms with Crippen molar-refractivity contribution < 1.29 is 14.4 Å². The molecule has 6 nitrogen and oxygen atoms in total.